The van der Waals surface area contributed by atoms with Crippen LogP contribution in [0.25, 0.3) is 0 Å². The molecular weight excluding hydrogens is 210 g/mol. The molecule has 0 aliphatic heterocycles. The molecule has 0 amide bonds. The van der Waals surface area contributed by atoms with Crippen LogP contribution < -0.4 is 0 Å². The van der Waals surface area contributed by atoms with E-state index in [0.29, 0.717) is 0 Å². The SMILES string of the molecule is CCc1cc(C)sc1C(CC#N)C(=O)O. The van der Waals surface area contributed by atoms with E-state index < -0.39 is 11.9 Å². The molecule has 0 aromatic carbocycles. The monoisotopic (exact) mass is 223 g/mol. The average molecular weight is 223 g/mol. The van der Waals surface area contributed by atoms with Gasteiger partial charge in [0.25, 0.3) is 0 Å². The maximum Gasteiger partial charge on any atom is 0.312 e. The highest BCUT2D eigenvalue weighted by molar-refractivity contribution is 7.12. The number of rotatable bonds is 4. The maximum atomic E-state index is 11.0. The zero-order chi connectivity index (χ0) is 11.4. The third-order valence-corrected chi connectivity index (χ3v) is 3.46. The maximum absolute atomic E-state index is 11.0. The third-order valence-electron chi connectivity index (χ3n) is 2.26. The number of carbonyl (C=O) groups is 1. The summed E-state index contributed by atoms with van der Waals surface area (Å²) in [4.78, 5) is 13.0. The lowest BCUT2D eigenvalue weighted by molar-refractivity contribution is -0.138. The third kappa shape index (κ3) is 2.57. The van der Waals surface area contributed by atoms with Crippen LogP contribution in [-0.2, 0) is 11.2 Å². The van der Waals surface area contributed by atoms with Gasteiger partial charge < -0.3 is 5.11 Å². The van der Waals surface area contributed by atoms with Crippen LogP contribution in [0, 0.1) is 18.3 Å². The summed E-state index contributed by atoms with van der Waals surface area (Å²) in [5, 5.41) is 17.7. The summed E-state index contributed by atoms with van der Waals surface area (Å²) in [7, 11) is 0. The number of thiophene rings is 1. The van der Waals surface area contributed by atoms with Crippen LogP contribution >= 0.6 is 11.3 Å². The number of aliphatic carboxylic acids is 1. The summed E-state index contributed by atoms with van der Waals surface area (Å²) >= 11 is 1.48. The second-order valence-corrected chi connectivity index (χ2v) is 4.64. The molecule has 1 rings (SSSR count). The first-order valence-corrected chi connectivity index (χ1v) is 5.60. The number of aryl methyl sites for hydroxylation is 2. The minimum absolute atomic E-state index is 0.0439. The lowest BCUT2D eigenvalue weighted by Crippen LogP contribution is -2.10. The van der Waals surface area contributed by atoms with Crippen molar-refractivity contribution in [3.63, 3.8) is 0 Å². The van der Waals surface area contributed by atoms with Gasteiger partial charge in [-0.15, -0.1) is 11.3 Å². The molecule has 0 fully saturated rings. The number of carboxylic acid groups (broad SMARTS) is 1. The van der Waals surface area contributed by atoms with E-state index in [1.807, 2.05) is 26.0 Å². The van der Waals surface area contributed by atoms with Gasteiger partial charge in [0.1, 0.15) is 5.92 Å². The normalized spacial score (nSPS) is 12.1. The first kappa shape index (κ1) is 11.7. The van der Waals surface area contributed by atoms with Crippen LogP contribution in [0.2, 0.25) is 0 Å². The predicted molar refractivity (Wildman–Crippen MR) is 59.0 cm³/mol. The number of nitrogens with zero attached hydrogens (tertiary/aromatic N) is 1. The zero-order valence-electron chi connectivity index (χ0n) is 8.78. The van der Waals surface area contributed by atoms with Crippen molar-refractivity contribution in [2.45, 2.75) is 32.6 Å². The van der Waals surface area contributed by atoms with Crippen molar-refractivity contribution in [3.05, 3.63) is 21.4 Å². The molecular formula is C11H13NO2S. The molecule has 3 nitrogen and oxygen atoms in total. The molecule has 1 heterocycles. The first-order valence-electron chi connectivity index (χ1n) is 4.79. The highest BCUT2D eigenvalue weighted by Gasteiger charge is 2.23. The Morgan fingerprint density at radius 2 is 2.40 bits per heavy atom. The van der Waals surface area contributed by atoms with Gasteiger partial charge >= 0.3 is 5.97 Å². The van der Waals surface area contributed by atoms with Crippen molar-refractivity contribution < 1.29 is 9.90 Å². The van der Waals surface area contributed by atoms with Crippen molar-refractivity contribution >= 4 is 17.3 Å². The van der Waals surface area contributed by atoms with Crippen molar-refractivity contribution in [2.75, 3.05) is 0 Å². The molecule has 0 radical (unpaired) electrons. The van der Waals surface area contributed by atoms with E-state index in [1.54, 1.807) is 0 Å². The van der Waals surface area contributed by atoms with E-state index in [2.05, 4.69) is 0 Å². The van der Waals surface area contributed by atoms with Crippen LogP contribution in [0.3, 0.4) is 0 Å². The Labute approximate surface area is 93.0 Å². The lowest BCUT2D eigenvalue weighted by Gasteiger charge is -2.08. The Morgan fingerprint density at radius 1 is 1.73 bits per heavy atom. The summed E-state index contributed by atoms with van der Waals surface area (Å²) < 4.78 is 0. The molecule has 1 N–H and O–H groups in total. The average Bonchev–Trinajstić information content (AvgIpc) is 2.55. The van der Waals surface area contributed by atoms with Crippen molar-refractivity contribution in [3.8, 4) is 6.07 Å². The van der Waals surface area contributed by atoms with Gasteiger partial charge in [-0.1, -0.05) is 6.92 Å². The van der Waals surface area contributed by atoms with Gasteiger partial charge in [0.2, 0.25) is 0 Å². The molecule has 0 saturated heterocycles. The predicted octanol–water partition coefficient (Wildman–Crippen LogP) is 2.70. The van der Waals surface area contributed by atoms with Gasteiger partial charge in [-0.2, -0.15) is 5.26 Å². The second-order valence-electron chi connectivity index (χ2n) is 3.35. The van der Waals surface area contributed by atoms with Gasteiger partial charge in [-0.25, -0.2) is 0 Å². The minimum Gasteiger partial charge on any atom is -0.481 e. The zero-order valence-corrected chi connectivity index (χ0v) is 9.60. The van der Waals surface area contributed by atoms with Gasteiger partial charge in [-0.3, -0.25) is 4.79 Å². The standard InChI is InChI=1S/C11H13NO2S/c1-3-8-6-7(2)15-10(8)9(4-5-12)11(13)14/h6,9H,3-4H2,1-2H3,(H,13,14). The molecule has 1 aromatic rings. The van der Waals surface area contributed by atoms with Gasteiger partial charge in [-0.05, 0) is 25.0 Å². The quantitative estimate of drug-likeness (QED) is 0.853. The van der Waals surface area contributed by atoms with Gasteiger partial charge in [0.15, 0.2) is 0 Å². The Hall–Kier alpha value is -1.34. The van der Waals surface area contributed by atoms with Crippen LogP contribution in [-0.4, -0.2) is 11.1 Å². The smallest absolute Gasteiger partial charge is 0.312 e. The molecule has 0 saturated carbocycles. The van der Waals surface area contributed by atoms with Crippen LogP contribution in [0.4, 0.5) is 0 Å². The fraction of sp³-hybridized carbons (Fsp3) is 0.455. The summed E-state index contributed by atoms with van der Waals surface area (Å²) in [6.45, 7) is 3.95. The van der Waals surface area contributed by atoms with E-state index >= 15 is 0 Å². The fourth-order valence-electron chi connectivity index (χ4n) is 1.54. The van der Waals surface area contributed by atoms with Crippen molar-refractivity contribution in [1.82, 2.24) is 0 Å². The number of nitriles is 1. The first-order chi connectivity index (χ1) is 7.10. The number of carboxylic acids is 1. The topological polar surface area (TPSA) is 61.1 Å². The van der Waals surface area contributed by atoms with Gasteiger partial charge in [0, 0.05) is 9.75 Å². The summed E-state index contributed by atoms with van der Waals surface area (Å²) in [5.41, 5.74) is 1.06. The largest absolute Gasteiger partial charge is 0.481 e. The van der Waals surface area contributed by atoms with Gasteiger partial charge in [0.05, 0.1) is 12.5 Å². The molecule has 0 aliphatic rings. The summed E-state index contributed by atoms with van der Waals surface area (Å²) in [6, 6.07) is 3.94. The Morgan fingerprint density at radius 3 is 2.87 bits per heavy atom. The Kier molecular flexibility index (Phi) is 3.87. The Bertz CT molecular complexity index is 403. The molecule has 1 unspecified atom stereocenters. The molecule has 15 heavy (non-hydrogen) atoms. The van der Waals surface area contributed by atoms with Crippen LogP contribution in [0.1, 0.15) is 34.6 Å². The Balaban J connectivity index is 3.10. The lowest BCUT2D eigenvalue weighted by atomic mass is 10.00. The number of hydrogen-bond donors (Lipinski definition) is 1. The summed E-state index contributed by atoms with van der Waals surface area (Å²) in [5.74, 6) is -1.57. The van der Waals surface area contributed by atoms with E-state index in [0.717, 1.165) is 21.7 Å². The highest BCUT2D eigenvalue weighted by atomic mass is 32.1. The molecule has 0 bridgehead atoms. The van der Waals surface area contributed by atoms with E-state index in [9.17, 15) is 4.79 Å². The fourth-order valence-corrected chi connectivity index (χ4v) is 2.75. The molecule has 1 atom stereocenters. The van der Waals surface area contributed by atoms with Crippen LogP contribution in [0.5, 0.6) is 0 Å². The van der Waals surface area contributed by atoms with E-state index in [1.165, 1.54) is 11.3 Å². The van der Waals surface area contributed by atoms with Crippen molar-refractivity contribution in [1.29, 1.82) is 5.26 Å². The number of hydrogen-bond acceptors (Lipinski definition) is 3. The summed E-state index contributed by atoms with van der Waals surface area (Å²) in [6.07, 6.45) is 0.858. The second kappa shape index (κ2) is 4.94. The van der Waals surface area contributed by atoms with E-state index in [4.69, 9.17) is 10.4 Å². The van der Waals surface area contributed by atoms with E-state index in [-0.39, 0.29) is 6.42 Å². The molecule has 0 spiro atoms. The van der Waals surface area contributed by atoms with Crippen molar-refractivity contribution in [2.24, 2.45) is 0 Å². The molecule has 0 aliphatic carbocycles. The molecule has 1 aromatic heterocycles. The molecule has 80 valence electrons. The molecule has 4 heteroatoms. The van der Waals surface area contributed by atoms with Crippen LogP contribution in [0.15, 0.2) is 6.07 Å². The highest BCUT2D eigenvalue weighted by Crippen LogP contribution is 2.31. The minimum atomic E-state index is -0.909.